The minimum Gasteiger partial charge on any atom is -0.313 e. The third-order valence-corrected chi connectivity index (χ3v) is 2.16. The molecule has 0 fully saturated rings. The number of hydrogen-bond acceptors (Lipinski definition) is 2. The summed E-state index contributed by atoms with van der Waals surface area (Å²) < 4.78 is 0. The van der Waals surface area contributed by atoms with E-state index >= 15 is 0 Å². The van der Waals surface area contributed by atoms with Gasteiger partial charge >= 0.3 is 0 Å². The summed E-state index contributed by atoms with van der Waals surface area (Å²) in [6.07, 6.45) is 1.62. The summed E-state index contributed by atoms with van der Waals surface area (Å²) in [6, 6.07) is 8.24. The van der Waals surface area contributed by atoms with Crippen molar-refractivity contribution in [3.63, 3.8) is 0 Å². The molecule has 0 amide bonds. The molecule has 0 saturated carbocycles. The first-order valence-electron chi connectivity index (χ1n) is 3.82. The summed E-state index contributed by atoms with van der Waals surface area (Å²) in [7, 11) is 0. The van der Waals surface area contributed by atoms with Crippen molar-refractivity contribution in [2.75, 3.05) is 0 Å². The van der Waals surface area contributed by atoms with E-state index in [1.807, 2.05) is 12.1 Å². The van der Waals surface area contributed by atoms with Crippen molar-refractivity contribution in [2.45, 2.75) is 18.5 Å². The van der Waals surface area contributed by atoms with Gasteiger partial charge in [-0.2, -0.15) is 0 Å². The highest BCUT2D eigenvalue weighted by Crippen LogP contribution is 2.24. The standard InChI is InChI=1S/C9H12N2.ClH/c10-9(11)5-7-3-1-2-4-8(7)6-9;/h1-4H,5-6,10-11H2;1H. The first-order chi connectivity index (χ1) is 5.17. The second-order valence-corrected chi connectivity index (χ2v) is 3.36. The van der Waals surface area contributed by atoms with Crippen LogP contribution in [0.3, 0.4) is 0 Å². The van der Waals surface area contributed by atoms with E-state index in [-0.39, 0.29) is 12.4 Å². The lowest BCUT2D eigenvalue weighted by molar-refractivity contribution is 0.470. The number of rotatable bonds is 0. The van der Waals surface area contributed by atoms with E-state index < -0.39 is 5.66 Å². The topological polar surface area (TPSA) is 52.0 Å². The van der Waals surface area contributed by atoms with E-state index in [1.54, 1.807) is 0 Å². The fourth-order valence-electron chi connectivity index (χ4n) is 1.67. The Morgan fingerprint density at radius 3 is 1.83 bits per heavy atom. The van der Waals surface area contributed by atoms with Gasteiger partial charge in [-0.15, -0.1) is 12.4 Å². The molecule has 0 radical (unpaired) electrons. The van der Waals surface area contributed by atoms with Gasteiger partial charge < -0.3 is 11.5 Å². The van der Waals surface area contributed by atoms with Gasteiger partial charge in [0.1, 0.15) is 0 Å². The van der Waals surface area contributed by atoms with Crippen LogP contribution in [-0.2, 0) is 12.8 Å². The molecule has 0 saturated heterocycles. The first-order valence-corrected chi connectivity index (χ1v) is 3.82. The highest BCUT2D eigenvalue weighted by Gasteiger charge is 2.28. The minimum absolute atomic E-state index is 0. The van der Waals surface area contributed by atoms with Crippen LogP contribution in [-0.4, -0.2) is 5.66 Å². The van der Waals surface area contributed by atoms with E-state index in [2.05, 4.69) is 12.1 Å². The fraction of sp³-hybridized carbons (Fsp3) is 0.333. The zero-order chi connectivity index (χ0) is 7.90. The zero-order valence-electron chi connectivity index (χ0n) is 6.79. The summed E-state index contributed by atoms with van der Waals surface area (Å²) in [5.41, 5.74) is 13.7. The Hall–Kier alpha value is -0.570. The van der Waals surface area contributed by atoms with Crippen molar-refractivity contribution >= 4 is 12.4 Å². The van der Waals surface area contributed by atoms with Crippen molar-refractivity contribution in [3.05, 3.63) is 35.4 Å². The molecule has 0 bridgehead atoms. The number of hydrogen-bond donors (Lipinski definition) is 2. The van der Waals surface area contributed by atoms with Crippen LogP contribution in [0.25, 0.3) is 0 Å². The largest absolute Gasteiger partial charge is 0.313 e. The molecule has 0 heterocycles. The van der Waals surface area contributed by atoms with Gasteiger partial charge in [0.25, 0.3) is 0 Å². The Balaban J connectivity index is 0.000000720. The molecule has 1 aliphatic rings. The molecule has 4 N–H and O–H groups in total. The average Bonchev–Trinajstić information content (AvgIpc) is 2.21. The lowest BCUT2D eigenvalue weighted by Crippen LogP contribution is -2.50. The third kappa shape index (κ3) is 1.61. The lowest BCUT2D eigenvalue weighted by atomic mass is 10.1. The second kappa shape index (κ2) is 3.05. The van der Waals surface area contributed by atoms with Gasteiger partial charge in [0.2, 0.25) is 0 Å². The third-order valence-electron chi connectivity index (χ3n) is 2.16. The van der Waals surface area contributed by atoms with E-state index in [4.69, 9.17) is 11.5 Å². The maximum absolute atomic E-state index is 5.81. The first kappa shape index (κ1) is 9.52. The predicted octanol–water partition coefficient (Wildman–Crippen LogP) is 0.821. The van der Waals surface area contributed by atoms with Crippen LogP contribution >= 0.6 is 12.4 Å². The summed E-state index contributed by atoms with van der Waals surface area (Å²) in [5.74, 6) is 0. The second-order valence-electron chi connectivity index (χ2n) is 3.36. The summed E-state index contributed by atoms with van der Waals surface area (Å²) in [4.78, 5) is 0. The molecule has 1 aromatic rings. The molecule has 0 aromatic heterocycles. The molecule has 1 aromatic carbocycles. The van der Waals surface area contributed by atoms with Crippen LogP contribution in [0.1, 0.15) is 11.1 Å². The Morgan fingerprint density at radius 2 is 1.42 bits per heavy atom. The van der Waals surface area contributed by atoms with Crippen LogP contribution in [0.5, 0.6) is 0 Å². The van der Waals surface area contributed by atoms with E-state index in [0.717, 1.165) is 12.8 Å². The Labute approximate surface area is 78.4 Å². The fourth-order valence-corrected chi connectivity index (χ4v) is 1.67. The van der Waals surface area contributed by atoms with Crippen LogP contribution < -0.4 is 11.5 Å². The minimum atomic E-state index is -0.496. The zero-order valence-corrected chi connectivity index (χ0v) is 7.60. The summed E-state index contributed by atoms with van der Waals surface area (Å²) >= 11 is 0. The van der Waals surface area contributed by atoms with Gasteiger partial charge in [-0.1, -0.05) is 24.3 Å². The number of fused-ring (bicyclic) bond motifs is 1. The van der Waals surface area contributed by atoms with Crippen LogP contribution in [0.4, 0.5) is 0 Å². The molecule has 3 heteroatoms. The van der Waals surface area contributed by atoms with Crippen molar-refractivity contribution in [3.8, 4) is 0 Å². The maximum Gasteiger partial charge on any atom is 0.0719 e. The summed E-state index contributed by atoms with van der Waals surface area (Å²) in [6.45, 7) is 0. The number of benzene rings is 1. The Kier molecular flexibility index (Phi) is 2.42. The molecule has 0 aliphatic heterocycles. The molecule has 0 atom stereocenters. The van der Waals surface area contributed by atoms with Crippen LogP contribution in [0.2, 0.25) is 0 Å². The SMILES string of the molecule is Cl.NC1(N)Cc2ccccc2C1. The highest BCUT2D eigenvalue weighted by atomic mass is 35.5. The van der Waals surface area contributed by atoms with Crippen molar-refractivity contribution in [2.24, 2.45) is 11.5 Å². The molecule has 0 spiro atoms. The molecular formula is C9H13ClN2. The van der Waals surface area contributed by atoms with Gasteiger partial charge in [-0.3, -0.25) is 0 Å². The van der Waals surface area contributed by atoms with Gasteiger partial charge in [0.05, 0.1) is 5.66 Å². The van der Waals surface area contributed by atoms with Crippen molar-refractivity contribution < 1.29 is 0 Å². The Bertz CT molecular complexity index is 257. The average molecular weight is 185 g/mol. The predicted molar refractivity (Wildman–Crippen MR) is 52.2 cm³/mol. The van der Waals surface area contributed by atoms with E-state index in [0.29, 0.717) is 0 Å². The number of halogens is 1. The molecule has 12 heavy (non-hydrogen) atoms. The van der Waals surface area contributed by atoms with Gasteiger partial charge in [-0.05, 0) is 11.1 Å². The van der Waals surface area contributed by atoms with Crippen LogP contribution in [0.15, 0.2) is 24.3 Å². The van der Waals surface area contributed by atoms with Gasteiger partial charge in [0.15, 0.2) is 0 Å². The van der Waals surface area contributed by atoms with E-state index in [1.165, 1.54) is 11.1 Å². The van der Waals surface area contributed by atoms with Crippen molar-refractivity contribution in [1.82, 2.24) is 0 Å². The monoisotopic (exact) mass is 184 g/mol. The lowest BCUT2D eigenvalue weighted by Gasteiger charge is -2.15. The molecule has 66 valence electrons. The van der Waals surface area contributed by atoms with Crippen molar-refractivity contribution in [1.29, 1.82) is 0 Å². The maximum atomic E-state index is 5.81. The number of nitrogens with two attached hydrogens (primary N) is 2. The van der Waals surface area contributed by atoms with Gasteiger partial charge in [-0.25, -0.2) is 0 Å². The Morgan fingerprint density at radius 1 is 1.00 bits per heavy atom. The highest BCUT2D eigenvalue weighted by molar-refractivity contribution is 5.85. The molecule has 2 rings (SSSR count). The molecule has 2 nitrogen and oxygen atoms in total. The normalized spacial score (nSPS) is 18.2. The van der Waals surface area contributed by atoms with E-state index in [9.17, 15) is 0 Å². The molecule has 1 aliphatic carbocycles. The van der Waals surface area contributed by atoms with Gasteiger partial charge in [0, 0.05) is 12.8 Å². The molecular weight excluding hydrogens is 172 g/mol. The quantitative estimate of drug-likeness (QED) is 0.587. The smallest absolute Gasteiger partial charge is 0.0719 e. The summed E-state index contributed by atoms with van der Waals surface area (Å²) in [5, 5.41) is 0. The molecule has 0 unspecified atom stereocenters. The van der Waals surface area contributed by atoms with Crippen LogP contribution in [0, 0.1) is 0 Å².